The zero-order valence-corrected chi connectivity index (χ0v) is 12.0. The van der Waals surface area contributed by atoms with Crippen LogP contribution in [-0.4, -0.2) is 59.8 Å². The van der Waals surface area contributed by atoms with Gasteiger partial charge in [0, 0.05) is 12.1 Å². The van der Waals surface area contributed by atoms with Crippen LogP contribution in [-0.2, 0) is 14.3 Å². The smallest absolute Gasteiger partial charge is 0.330 e. The van der Waals surface area contributed by atoms with Gasteiger partial charge in [-0.3, -0.25) is 9.69 Å². The number of esters is 1. The number of hydrogen-bond donors (Lipinski definition) is 2. The van der Waals surface area contributed by atoms with Crippen molar-refractivity contribution >= 4 is 11.9 Å². The van der Waals surface area contributed by atoms with E-state index in [1.165, 1.54) is 7.11 Å². The summed E-state index contributed by atoms with van der Waals surface area (Å²) in [6.07, 6.45) is 2.14. The molecule has 0 aromatic rings. The lowest BCUT2D eigenvalue weighted by atomic mass is 10.2. The normalized spacial score (nSPS) is 26.8. The van der Waals surface area contributed by atoms with E-state index in [4.69, 9.17) is 5.11 Å². The third kappa shape index (κ3) is 3.67. The predicted octanol–water partition coefficient (Wildman–Crippen LogP) is -0.102. The van der Waals surface area contributed by atoms with Crippen molar-refractivity contribution in [2.45, 2.75) is 57.8 Å². The van der Waals surface area contributed by atoms with Gasteiger partial charge in [-0.05, 0) is 33.6 Å². The molecule has 4 unspecified atom stereocenters. The number of aliphatic hydroxyl groups is 1. The molecule has 1 rings (SSSR count). The summed E-state index contributed by atoms with van der Waals surface area (Å²) in [4.78, 5) is 25.6. The van der Waals surface area contributed by atoms with Crippen molar-refractivity contribution in [3.05, 3.63) is 0 Å². The van der Waals surface area contributed by atoms with Crippen LogP contribution in [0.1, 0.15) is 33.6 Å². The highest BCUT2D eigenvalue weighted by Crippen LogP contribution is 2.25. The minimum Gasteiger partial charge on any atom is -0.467 e. The van der Waals surface area contributed by atoms with E-state index in [2.05, 4.69) is 28.8 Å². The molecule has 6 heteroatoms. The van der Waals surface area contributed by atoms with Crippen molar-refractivity contribution in [1.29, 1.82) is 0 Å². The molecule has 19 heavy (non-hydrogen) atoms. The number of methoxy groups -OCH3 is 1. The van der Waals surface area contributed by atoms with Crippen LogP contribution in [0.4, 0.5) is 0 Å². The van der Waals surface area contributed by atoms with Crippen LogP contribution < -0.4 is 5.32 Å². The molecule has 0 aliphatic carbocycles. The van der Waals surface area contributed by atoms with Crippen LogP contribution >= 0.6 is 0 Å². The first kappa shape index (κ1) is 15.9. The van der Waals surface area contributed by atoms with Crippen molar-refractivity contribution in [3.63, 3.8) is 0 Å². The molecule has 0 bridgehead atoms. The van der Waals surface area contributed by atoms with Crippen LogP contribution in [0.2, 0.25) is 0 Å². The van der Waals surface area contributed by atoms with E-state index in [0.29, 0.717) is 12.1 Å². The summed E-state index contributed by atoms with van der Waals surface area (Å²) in [5.41, 5.74) is 0. The maximum Gasteiger partial charge on any atom is 0.330 e. The average Bonchev–Trinajstić information content (AvgIpc) is 2.73. The number of aliphatic hydroxyl groups excluding tert-OH is 1. The molecule has 2 N–H and O–H groups in total. The van der Waals surface area contributed by atoms with Crippen molar-refractivity contribution in [2.75, 3.05) is 13.7 Å². The highest BCUT2D eigenvalue weighted by atomic mass is 16.5. The molecule has 6 nitrogen and oxygen atoms in total. The lowest BCUT2D eigenvalue weighted by Gasteiger charge is -2.32. The number of nitrogens with zero attached hydrogens (tertiary/aromatic N) is 1. The molecule has 0 radical (unpaired) electrons. The van der Waals surface area contributed by atoms with Gasteiger partial charge in [0.05, 0.1) is 19.8 Å². The molecule has 1 aliphatic heterocycles. The minimum absolute atomic E-state index is 0.259. The van der Waals surface area contributed by atoms with E-state index < -0.39 is 18.6 Å². The molecular weight excluding hydrogens is 248 g/mol. The first-order chi connectivity index (χ1) is 8.92. The van der Waals surface area contributed by atoms with Crippen LogP contribution in [0.3, 0.4) is 0 Å². The highest BCUT2D eigenvalue weighted by molar-refractivity contribution is 5.87. The summed E-state index contributed by atoms with van der Waals surface area (Å²) in [6, 6.07) is -0.623. The first-order valence-electron chi connectivity index (χ1n) is 6.68. The molecule has 4 atom stereocenters. The van der Waals surface area contributed by atoms with E-state index in [1.54, 1.807) is 0 Å². The van der Waals surface area contributed by atoms with E-state index in [-0.39, 0.29) is 11.9 Å². The van der Waals surface area contributed by atoms with Gasteiger partial charge in [-0.2, -0.15) is 0 Å². The topological polar surface area (TPSA) is 78.9 Å². The van der Waals surface area contributed by atoms with Gasteiger partial charge in [0.2, 0.25) is 5.91 Å². The molecule has 110 valence electrons. The minimum atomic E-state index is -0.992. The Morgan fingerprint density at radius 1 is 1.37 bits per heavy atom. The summed E-state index contributed by atoms with van der Waals surface area (Å²) in [6.45, 7) is 5.55. The maximum absolute atomic E-state index is 12.1. The highest BCUT2D eigenvalue weighted by Gasteiger charge is 2.35. The van der Waals surface area contributed by atoms with Gasteiger partial charge in [0.25, 0.3) is 0 Å². The number of hydrogen-bond acceptors (Lipinski definition) is 5. The molecule has 1 fully saturated rings. The molecule has 1 heterocycles. The van der Waals surface area contributed by atoms with E-state index in [9.17, 15) is 9.59 Å². The second-order valence-corrected chi connectivity index (χ2v) is 5.17. The number of rotatable bonds is 5. The van der Waals surface area contributed by atoms with Gasteiger partial charge >= 0.3 is 5.97 Å². The van der Waals surface area contributed by atoms with E-state index in [0.717, 1.165) is 12.8 Å². The zero-order chi connectivity index (χ0) is 14.6. The number of nitrogens with one attached hydrogen (secondary N) is 1. The van der Waals surface area contributed by atoms with E-state index >= 15 is 0 Å². The molecular formula is C13H24N2O4. The quantitative estimate of drug-likeness (QED) is 0.683. The molecule has 1 aliphatic rings. The fraction of sp³-hybridized carbons (Fsp3) is 0.846. The van der Waals surface area contributed by atoms with Crippen molar-refractivity contribution < 1.29 is 19.4 Å². The largest absolute Gasteiger partial charge is 0.467 e. The van der Waals surface area contributed by atoms with Crippen LogP contribution in [0, 0.1) is 0 Å². The molecule has 0 spiro atoms. The van der Waals surface area contributed by atoms with Crippen LogP contribution in [0.25, 0.3) is 0 Å². The summed E-state index contributed by atoms with van der Waals surface area (Å²) in [5, 5.41) is 11.6. The Labute approximate surface area is 114 Å². The maximum atomic E-state index is 12.1. The second kappa shape index (κ2) is 6.86. The van der Waals surface area contributed by atoms with Gasteiger partial charge in [-0.1, -0.05) is 0 Å². The van der Waals surface area contributed by atoms with Crippen LogP contribution in [0.15, 0.2) is 0 Å². The second-order valence-electron chi connectivity index (χ2n) is 5.17. The summed E-state index contributed by atoms with van der Waals surface area (Å²) in [5.74, 6) is -0.893. The number of carbonyl (C=O) groups excluding carboxylic acids is 2. The molecule has 1 amide bonds. The SMILES string of the molecule is COC(=O)C(CO)NC(=O)C(C)N1C(C)CCC1C. The average molecular weight is 272 g/mol. The number of likely N-dealkylation sites (tertiary alicyclic amines) is 1. The standard InChI is InChI=1S/C13H24N2O4/c1-8-5-6-9(2)15(8)10(3)12(17)14-11(7-16)13(18)19-4/h8-11,16H,5-7H2,1-4H3,(H,14,17). The van der Waals surface area contributed by atoms with Crippen molar-refractivity contribution in [3.8, 4) is 0 Å². The van der Waals surface area contributed by atoms with Gasteiger partial charge in [-0.25, -0.2) is 4.79 Å². The fourth-order valence-electron chi connectivity index (χ4n) is 2.73. The van der Waals surface area contributed by atoms with Gasteiger partial charge in [0.1, 0.15) is 0 Å². The van der Waals surface area contributed by atoms with E-state index in [1.807, 2.05) is 6.92 Å². The van der Waals surface area contributed by atoms with Gasteiger partial charge < -0.3 is 15.2 Å². The Bertz CT molecular complexity index is 325. The third-order valence-corrected chi connectivity index (χ3v) is 3.83. The molecule has 0 saturated carbocycles. The Morgan fingerprint density at radius 2 is 1.89 bits per heavy atom. The monoisotopic (exact) mass is 272 g/mol. The number of amides is 1. The lowest BCUT2D eigenvalue weighted by molar-refractivity contribution is -0.147. The summed E-state index contributed by atoms with van der Waals surface area (Å²) < 4.78 is 4.52. The van der Waals surface area contributed by atoms with Gasteiger partial charge in [-0.15, -0.1) is 0 Å². The molecule has 0 aromatic heterocycles. The van der Waals surface area contributed by atoms with Gasteiger partial charge in [0.15, 0.2) is 6.04 Å². The zero-order valence-electron chi connectivity index (χ0n) is 12.0. The first-order valence-corrected chi connectivity index (χ1v) is 6.68. The van der Waals surface area contributed by atoms with Crippen molar-refractivity contribution in [1.82, 2.24) is 10.2 Å². The Balaban J connectivity index is 2.64. The lowest BCUT2D eigenvalue weighted by Crippen LogP contribution is -2.54. The summed E-state index contributed by atoms with van der Waals surface area (Å²) in [7, 11) is 1.23. The Morgan fingerprint density at radius 3 is 2.32 bits per heavy atom. The third-order valence-electron chi connectivity index (χ3n) is 3.83. The summed E-state index contributed by atoms with van der Waals surface area (Å²) >= 11 is 0. The predicted molar refractivity (Wildman–Crippen MR) is 70.5 cm³/mol. The van der Waals surface area contributed by atoms with Crippen LogP contribution in [0.5, 0.6) is 0 Å². The Kier molecular flexibility index (Phi) is 5.75. The molecule has 0 aromatic carbocycles. The number of ether oxygens (including phenoxy) is 1. The van der Waals surface area contributed by atoms with Crippen molar-refractivity contribution in [2.24, 2.45) is 0 Å². The number of carbonyl (C=O) groups is 2. The Hall–Kier alpha value is -1.14. The molecule has 1 saturated heterocycles. The fourth-order valence-corrected chi connectivity index (χ4v) is 2.73.